The summed E-state index contributed by atoms with van der Waals surface area (Å²) in [5, 5.41) is 2.81. The summed E-state index contributed by atoms with van der Waals surface area (Å²) < 4.78 is 0. The van der Waals surface area contributed by atoms with E-state index in [1.54, 1.807) is 36.8 Å². The standard InChI is InChI=1S/C17H18N4O3/c22-15(19-8-7-12-10-18-11-20-12)6-3-9-21-16(23)13-4-1-2-5-14(13)17(21)24/h1-2,4-5,10-11H,3,6-9H2,(H,18,20)(H,19,22). The van der Waals surface area contributed by atoms with E-state index in [0.717, 1.165) is 5.69 Å². The topological polar surface area (TPSA) is 95.2 Å². The van der Waals surface area contributed by atoms with E-state index in [1.807, 2.05) is 0 Å². The fourth-order valence-electron chi connectivity index (χ4n) is 2.69. The van der Waals surface area contributed by atoms with Gasteiger partial charge in [0.05, 0.1) is 17.5 Å². The van der Waals surface area contributed by atoms with Gasteiger partial charge in [0, 0.05) is 37.8 Å². The molecule has 2 aromatic rings. The molecule has 0 aliphatic carbocycles. The lowest BCUT2D eigenvalue weighted by Gasteiger charge is -2.13. The first-order valence-electron chi connectivity index (χ1n) is 7.86. The van der Waals surface area contributed by atoms with Crippen LogP contribution in [-0.4, -0.2) is 45.7 Å². The van der Waals surface area contributed by atoms with E-state index < -0.39 is 0 Å². The van der Waals surface area contributed by atoms with Crippen molar-refractivity contribution in [2.45, 2.75) is 19.3 Å². The van der Waals surface area contributed by atoms with Crippen molar-refractivity contribution < 1.29 is 14.4 Å². The Balaban J connectivity index is 1.41. The van der Waals surface area contributed by atoms with Crippen molar-refractivity contribution in [1.29, 1.82) is 0 Å². The Morgan fingerprint density at radius 3 is 2.50 bits per heavy atom. The Bertz CT molecular complexity index is 720. The zero-order valence-electron chi connectivity index (χ0n) is 13.1. The summed E-state index contributed by atoms with van der Waals surface area (Å²) in [4.78, 5) is 44.2. The Labute approximate surface area is 139 Å². The van der Waals surface area contributed by atoms with Gasteiger partial charge < -0.3 is 10.3 Å². The van der Waals surface area contributed by atoms with Crippen molar-refractivity contribution in [3.63, 3.8) is 0 Å². The van der Waals surface area contributed by atoms with Crippen LogP contribution < -0.4 is 5.32 Å². The minimum absolute atomic E-state index is 0.0916. The van der Waals surface area contributed by atoms with E-state index in [4.69, 9.17) is 0 Å². The number of rotatable bonds is 7. The first-order valence-corrected chi connectivity index (χ1v) is 7.86. The minimum Gasteiger partial charge on any atom is -0.356 e. The number of aromatic amines is 1. The molecule has 0 bridgehead atoms. The molecule has 3 rings (SSSR count). The molecule has 0 fully saturated rings. The van der Waals surface area contributed by atoms with E-state index in [0.29, 0.717) is 30.5 Å². The highest BCUT2D eigenvalue weighted by Crippen LogP contribution is 2.22. The maximum absolute atomic E-state index is 12.2. The second kappa shape index (κ2) is 7.08. The number of carbonyl (C=O) groups is 3. The van der Waals surface area contributed by atoms with Crippen molar-refractivity contribution >= 4 is 17.7 Å². The SMILES string of the molecule is O=C(CCCN1C(=O)c2ccccc2C1=O)NCCc1cnc[nH]1. The number of carbonyl (C=O) groups excluding carboxylic acids is 3. The summed E-state index contributed by atoms with van der Waals surface area (Å²) >= 11 is 0. The Morgan fingerprint density at radius 2 is 1.88 bits per heavy atom. The molecule has 3 amide bonds. The van der Waals surface area contributed by atoms with Crippen LogP contribution in [0, 0.1) is 0 Å². The third kappa shape index (κ3) is 3.34. The molecule has 1 aliphatic heterocycles. The number of nitrogens with one attached hydrogen (secondary N) is 2. The number of nitrogens with zero attached hydrogens (tertiary/aromatic N) is 2. The quantitative estimate of drug-likeness (QED) is 0.746. The van der Waals surface area contributed by atoms with Crippen LogP contribution in [0.1, 0.15) is 39.3 Å². The molecular formula is C17H18N4O3. The first-order chi connectivity index (χ1) is 11.7. The largest absolute Gasteiger partial charge is 0.356 e. The molecule has 24 heavy (non-hydrogen) atoms. The highest BCUT2D eigenvalue weighted by atomic mass is 16.2. The number of hydrogen-bond acceptors (Lipinski definition) is 4. The van der Waals surface area contributed by atoms with Crippen LogP contribution in [0.15, 0.2) is 36.8 Å². The monoisotopic (exact) mass is 326 g/mol. The average molecular weight is 326 g/mol. The van der Waals surface area contributed by atoms with Crippen LogP contribution >= 0.6 is 0 Å². The van der Waals surface area contributed by atoms with Crippen LogP contribution in [0.4, 0.5) is 0 Å². The predicted molar refractivity (Wildman–Crippen MR) is 86.3 cm³/mol. The lowest BCUT2D eigenvalue weighted by Crippen LogP contribution is -2.32. The summed E-state index contributed by atoms with van der Waals surface area (Å²) in [5.41, 5.74) is 1.83. The fraction of sp³-hybridized carbons (Fsp3) is 0.294. The van der Waals surface area contributed by atoms with Gasteiger partial charge in [0.25, 0.3) is 11.8 Å². The fourth-order valence-corrected chi connectivity index (χ4v) is 2.69. The minimum atomic E-state index is -0.282. The highest BCUT2D eigenvalue weighted by molar-refractivity contribution is 6.21. The van der Waals surface area contributed by atoms with Crippen LogP contribution in [-0.2, 0) is 11.2 Å². The van der Waals surface area contributed by atoms with Gasteiger partial charge in [-0.05, 0) is 18.6 Å². The van der Waals surface area contributed by atoms with E-state index >= 15 is 0 Å². The van der Waals surface area contributed by atoms with Gasteiger partial charge in [0.2, 0.25) is 5.91 Å². The normalized spacial score (nSPS) is 13.2. The molecule has 0 atom stereocenters. The molecule has 7 heteroatoms. The molecule has 1 aromatic heterocycles. The molecule has 0 saturated carbocycles. The van der Waals surface area contributed by atoms with Crippen LogP contribution in [0.2, 0.25) is 0 Å². The molecule has 0 saturated heterocycles. The number of imidazole rings is 1. The van der Waals surface area contributed by atoms with Gasteiger partial charge in [0.1, 0.15) is 0 Å². The van der Waals surface area contributed by atoms with Crippen molar-refractivity contribution in [3.05, 3.63) is 53.6 Å². The highest BCUT2D eigenvalue weighted by Gasteiger charge is 2.34. The van der Waals surface area contributed by atoms with Gasteiger partial charge in [-0.1, -0.05) is 12.1 Å². The number of fused-ring (bicyclic) bond motifs is 1. The van der Waals surface area contributed by atoms with E-state index in [-0.39, 0.29) is 30.7 Å². The number of imide groups is 1. The van der Waals surface area contributed by atoms with Gasteiger partial charge in [-0.25, -0.2) is 4.98 Å². The second-order valence-corrected chi connectivity index (χ2v) is 5.59. The number of H-pyrrole nitrogens is 1. The molecule has 2 heterocycles. The molecule has 0 unspecified atom stereocenters. The smallest absolute Gasteiger partial charge is 0.261 e. The van der Waals surface area contributed by atoms with Gasteiger partial charge >= 0.3 is 0 Å². The van der Waals surface area contributed by atoms with Crippen LogP contribution in [0.25, 0.3) is 0 Å². The Kier molecular flexibility index (Phi) is 4.69. The number of aromatic nitrogens is 2. The van der Waals surface area contributed by atoms with Gasteiger partial charge in [0.15, 0.2) is 0 Å². The van der Waals surface area contributed by atoms with E-state index in [9.17, 15) is 14.4 Å². The second-order valence-electron chi connectivity index (χ2n) is 5.59. The molecular weight excluding hydrogens is 308 g/mol. The molecule has 1 aromatic carbocycles. The zero-order valence-corrected chi connectivity index (χ0v) is 13.1. The van der Waals surface area contributed by atoms with Crippen molar-refractivity contribution in [2.24, 2.45) is 0 Å². The average Bonchev–Trinajstić information content (AvgIpc) is 3.18. The molecule has 0 radical (unpaired) electrons. The van der Waals surface area contributed by atoms with Crippen molar-refractivity contribution in [1.82, 2.24) is 20.2 Å². The summed E-state index contributed by atoms with van der Waals surface area (Å²) in [6.07, 6.45) is 4.72. The Morgan fingerprint density at radius 1 is 1.17 bits per heavy atom. The summed E-state index contributed by atoms with van der Waals surface area (Å²) in [6, 6.07) is 6.77. The van der Waals surface area contributed by atoms with Crippen LogP contribution in [0.5, 0.6) is 0 Å². The first kappa shape index (κ1) is 15.9. The summed E-state index contributed by atoms with van der Waals surface area (Å²) in [5.74, 6) is -0.656. The van der Waals surface area contributed by atoms with E-state index in [1.165, 1.54) is 4.90 Å². The molecule has 2 N–H and O–H groups in total. The number of benzene rings is 1. The predicted octanol–water partition coefficient (Wildman–Crippen LogP) is 1.14. The summed E-state index contributed by atoms with van der Waals surface area (Å²) in [7, 11) is 0. The number of hydrogen-bond donors (Lipinski definition) is 2. The lowest BCUT2D eigenvalue weighted by atomic mass is 10.1. The van der Waals surface area contributed by atoms with Gasteiger partial charge in [-0.3, -0.25) is 19.3 Å². The van der Waals surface area contributed by atoms with Gasteiger partial charge in [-0.15, -0.1) is 0 Å². The zero-order chi connectivity index (χ0) is 16.9. The van der Waals surface area contributed by atoms with Gasteiger partial charge in [-0.2, -0.15) is 0 Å². The maximum Gasteiger partial charge on any atom is 0.261 e. The molecule has 0 spiro atoms. The number of amides is 3. The molecule has 1 aliphatic rings. The maximum atomic E-state index is 12.2. The van der Waals surface area contributed by atoms with Crippen LogP contribution in [0.3, 0.4) is 0 Å². The molecule has 124 valence electrons. The third-order valence-electron chi connectivity index (χ3n) is 3.94. The van der Waals surface area contributed by atoms with E-state index in [2.05, 4.69) is 15.3 Å². The van der Waals surface area contributed by atoms with Crippen molar-refractivity contribution in [2.75, 3.05) is 13.1 Å². The molecule has 7 nitrogen and oxygen atoms in total. The Hall–Kier alpha value is -2.96. The lowest BCUT2D eigenvalue weighted by molar-refractivity contribution is -0.121. The van der Waals surface area contributed by atoms with Crippen molar-refractivity contribution in [3.8, 4) is 0 Å². The summed E-state index contributed by atoms with van der Waals surface area (Å²) in [6.45, 7) is 0.772. The third-order valence-corrected chi connectivity index (χ3v) is 3.94.